The molecule has 3 heteroatoms. The molecule has 0 aromatic heterocycles. The zero-order valence-corrected chi connectivity index (χ0v) is 9.06. The summed E-state index contributed by atoms with van der Waals surface area (Å²) in [6.07, 6.45) is 1.13. The fraction of sp³-hybridized carbons (Fsp3) is 0.455. The Morgan fingerprint density at radius 2 is 2.43 bits per heavy atom. The van der Waals surface area contributed by atoms with Gasteiger partial charge < -0.3 is 10.6 Å². The minimum atomic E-state index is 0.454. The van der Waals surface area contributed by atoms with Crippen LogP contribution in [0.2, 0.25) is 5.02 Å². The minimum Gasteiger partial charge on any atom is -0.383 e. The van der Waals surface area contributed by atoms with Gasteiger partial charge in [-0.1, -0.05) is 30.7 Å². The van der Waals surface area contributed by atoms with Crippen molar-refractivity contribution in [2.24, 2.45) is 0 Å². The molecule has 0 bridgehead atoms. The first-order valence-electron chi connectivity index (χ1n) is 5.08. The Hall–Kier alpha value is -0.730. The summed E-state index contributed by atoms with van der Waals surface area (Å²) in [5.74, 6) is 0. The van der Waals surface area contributed by atoms with E-state index in [-0.39, 0.29) is 0 Å². The second kappa shape index (κ2) is 4.20. The van der Waals surface area contributed by atoms with Crippen LogP contribution in [0.15, 0.2) is 18.2 Å². The van der Waals surface area contributed by atoms with Crippen LogP contribution in [-0.4, -0.2) is 13.1 Å². The lowest BCUT2D eigenvalue weighted by Crippen LogP contribution is -2.28. The summed E-state index contributed by atoms with van der Waals surface area (Å²) in [7, 11) is 0. The summed E-state index contributed by atoms with van der Waals surface area (Å²) in [6, 6.07) is 6.54. The summed E-state index contributed by atoms with van der Waals surface area (Å²) in [5, 5.41) is 7.64. The number of fused-ring (bicyclic) bond motifs is 1. The Labute approximate surface area is 89.7 Å². The molecule has 2 nitrogen and oxygen atoms in total. The lowest BCUT2D eigenvalue weighted by molar-refractivity contribution is 0.517. The molecule has 1 aromatic carbocycles. The van der Waals surface area contributed by atoms with Gasteiger partial charge in [0.05, 0.1) is 10.7 Å². The summed E-state index contributed by atoms with van der Waals surface area (Å²) in [4.78, 5) is 0. The highest BCUT2D eigenvalue weighted by atomic mass is 35.5. The second-order valence-corrected chi connectivity index (χ2v) is 3.94. The molecule has 2 rings (SSSR count). The zero-order valence-electron chi connectivity index (χ0n) is 8.31. The lowest BCUT2D eigenvalue weighted by atomic mass is 9.98. The van der Waals surface area contributed by atoms with E-state index >= 15 is 0 Å². The highest BCUT2D eigenvalue weighted by Crippen LogP contribution is 2.34. The average Bonchev–Trinajstić information content (AvgIpc) is 2.20. The van der Waals surface area contributed by atoms with Crippen LogP contribution in [0.3, 0.4) is 0 Å². The molecule has 1 aliphatic heterocycles. The van der Waals surface area contributed by atoms with Crippen molar-refractivity contribution in [2.75, 3.05) is 18.4 Å². The normalized spacial score (nSPS) is 20.0. The van der Waals surface area contributed by atoms with E-state index in [0.717, 1.165) is 30.2 Å². The van der Waals surface area contributed by atoms with Gasteiger partial charge in [-0.05, 0) is 24.6 Å². The van der Waals surface area contributed by atoms with Crippen LogP contribution in [0.25, 0.3) is 0 Å². The van der Waals surface area contributed by atoms with E-state index < -0.39 is 0 Å². The van der Waals surface area contributed by atoms with Crippen LogP contribution in [0.1, 0.15) is 24.9 Å². The van der Waals surface area contributed by atoms with E-state index in [1.807, 2.05) is 12.1 Å². The van der Waals surface area contributed by atoms with E-state index in [1.54, 1.807) is 0 Å². The topological polar surface area (TPSA) is 24.1 Å². The third kappa shape index (κ3) is 1.72. The highest BCUT2D eigenvalue weighted by molar-refractivity contribution is 6.33. The van der Waals surface area contributed by atoms with Crippen LogP contribution in [-0.2, 0) is 0 Å². The molecule has 0 fully saturated rings. The minimum absolute atomic E-state index is 0.454. The lowest BCUT2D eigenvalue weighted by Gasteiger charge is -2.27. The van der Waals surface area contributed by atoms with Gasteiger partial charge in [-0.3, -0.25) is 0 Å². The first-order valence-corrected chi connectivity index (χ1v) is 5.46. The highest BCUT2D eigenvalue weighted by Gasteiger charge is 2.20. The van der Waals surface area contributed by atoms with E-state index in [9.17, 15) is 0 Å². The fourth-order valence-electron chi connectivity index (χ4n) is 1.97. The van der Waals surface area contributed by atoms with Gasteiger partial charge >= 0.3 is 0 Å². The van der Waals surface area contributed by atoms with Crippen molar-refractivity contribution in [2.45, 2.75) is 19.4 Å². The molecule has 1 aliphatic rings. The van der Waals surface area contributed by atoms with Crippen LogP contribution in [0.5, 0.6) is 0 Å². The maximum absolute atomic E-state index is 6.12. The zero-order chi connectivity index (χ0) is 9.97. The number of para-hydroxylation sites is 1. The van der Waals surface area contributed by atoms with Gasteiger partial charge in [0.1, 0.15) is 0 Å². The summed E-state index contributed by atoms with van der Waals surface area (Å²) < 4.78 is 0. The Kier molecular flexibility index (Phi) is 2.94. The maximum Gasteiger partial charge on any atom is 0.0640 e. The summed E-state index contributed by atoms with van der Waals surface area (Å²) in [6.45, 7) is 4.12. The number of nitrogens with one attached hydrogen (secondary N) is 2. The molecule has 76 valence electrons. The van der Waals surface area contributed by atoms with Crippen LogP contribution in [0, 0.1) is 0 Å². The number of hydrogen-bond acceptors (Lipinski definition) is 2. The van der Waals surface area contributed by atoms with E-state index in [0.29, 0.717) is 6.04 Å². The number of rotatable bonds is 2. The summed E-state index contributed by atoms with van der Waals surface area (Å²) in [5.41, 5.74) is 2.40. The molecule has 1 aromatic rings. The van der Waals surface area contributed by atoms with E-state index in [2.05, 4.69) is 23.6 Å². The van der Waals surface area contributed by atoms with Crippen LogP contribution < -0.4 is 10.6 Å². The van der Waals surface area contributed by atoms with Gasteiger partial charge in [-0.25, -0.2) is 0 Å². The standard InChI is InChI=1S/C11H15ClN2/c1-2-13-10-6-7-14-11-8(10)4-3-5-9(11)12/h3-5,10,13-14H,2,6-7H2,1H3. The van der Waals surface area contributed by atoms with Gasteiger partial charge in [-0.2, -0.15) is 0 Å². The van der Waals surface area contributed by atoms with Gasteiger partial charge in [0.25, 0.3) is 0 Å². The summed E-state index contributed by atoms with van der Waals surface area (Å²) >= 11 is 6.12. The average molecular weight is 211 g/mol. The second-order valence-electron chi connectivity index (χ2n) is 3.53. The maximum atomic E-state index is 6.12. The Morgan fingerprint density at radius 3 is 3.21 bits per heavy atom. The van der Waals surface area contributed by atoms with Crippen molar-refractivity contribution >= 4 is 17.3 Å². The number of halogens is 1. The Balaban J connectivity index is 2.34. The monoisotopic (exact) mass is 210 g/mol. The van der Waals surface area contributed by atoms with Gasteiger partial charge in [0, 0.05) is 12.6 Å². The fourth-order valence-corrected chi connectivity index (χ4v) is 2.22. The number of hydrogen-bond donors (Lipinski definition) is 2. The molecule has 14 heavy (non-hydrogen) atoms. The van der Waals surface area contributed by atoms with E-state index in [4.69, 9.17) is 11.6 Å². The Morgan fingerprint density at radius 1 is 1.57 bits per heavy atom. The molecule has 0 radical (unpaired) electrons. The molecule has 0 saturated carbocycles. The molecular formula is C11H15ClN2. The molecule has 1 heterocycles. The predicted octanol–water partition coefficient (Wildman–Crippen LogP) is 2.81. The van der Waals surface area contributed by atoms with Gasteiger partial charge in [0.15, 0.2) is 0 Å². The van der Waals surface area contributed by atoms with Gasteiger partial charge in [0.2, 0.25) is 0 Å². The van der Waals surface area contributed by atoms with Crippen molar-refractivity contribution in [3.63, 3.8) is 0 Å². The van der Waals surface area contributed by atoms with Crippen molar-refractivity contribution in [1.82, 2.24) is 5.32 Å². The SMILES string of the molecule is CCNC1CCNc2c(Cl)cccc21. The third-order valence-corrected chi connectivity index (χ3v) is 2.92. The number of benzene rings is 1. The van der Waals surface area contributed by atoms with Crippen LogP contribution >= 0.6 is 11.6 Å². The molecule has 1 atom stereocenters. The first-order chi connectivity index (χ1) is 6.83. The molecule has 0 aliphatic carbocycles. The molecular weight excluding hydrogens is 196 g/mol. The smallest absolute Gasteiger partial charge is 0.0640 e. The third-order valence-electron chi connectivity index (χ3n) is 2.61. The van der Waals surface area contributed by atoms with Gasteiger partial charge in [-0.15, -0.1) is 0 Å². The quantitative estimate of drug-likeness (QED) is 0.785. The first kappa shape index (κ1) is 9.81. The molecule has 2 N–H and O–H groups in total. The van der Waals surface area contributed by atoms with E-state index in [1.165, 1.54) is 5.56 Å². The molecule has 1 unspecified atom stereocenters. The Bertz CT molecular complexity index is 325. The van der Waals surface area contributed by atoms with Crippen molar-refractivity contribution in [3.8, 4) is 0 Å². The van der Waals surface area contributed by atoms with Crippen LogP contribution in [0.4, 0.5) is 5.69 Å². The molecule has 0 amide bonds. The number of anilines is 1. The van der Waals surface area contributed by atoms with Crippen molar-refractivity contribution < 1.29 is 0 Å². The predicted molar refractivity (Wildman–Crippen MR) is 61.0 cm³/mol. The molecule has 0 spiro atoms. The van der Waals surface area contributed by atoms with Crippen molar-refractivity contribution in [3.05, 3.63) is 28.8 Å². The largest absolute Gasteiger partial charge is 0.383 e. The van der Waals surface area contributed by atoms with Crippen molar-refractivity contribution in [1.29, 1.82) is 0 Å². The molecule has 0 saturated heterocycles.